The van der Waals surface area contributed by atoms with E-state index in [0.717, 1.165) is 5.56 Å². The number of alkyl halides is 2. The number of hydrogen-bond acceptors (Lipinski definition) is 5. The Morgan fingerprint density at radius 2 is 1.83 bits per heavy atom. The van der Waals surface area contributed by atoms with E-state index in [2.05, 4.69) is 15.1 Å². The molecule has 0 bridgehead atoms. The van der Waals surface area contributed by atoms with Crippen molar-refractivity contribution in [3.05, 3.63) is 60.6 Å². The van der Waals surface area contributed by atoms with E-state index >= 15 is 0 Å². The third-order valence-corrected chi connectivity index (χ3v) is 4.62. The van der Waals surface area contributed by atoms with Crippen LogP contribution in [-0.2, 0) is 6.54 Å². The Kier molecular flexibility index (Phi) is 4.94. The van der Waals surface area contributed by atoms with Crippen LogP contribution in [0.3, 0.4) is 0 Å². The van der Waals surface area contributed by atoms with E-state index in [-0.39, 0.29) is 5.75 Å². The molecule has 148 valence electrons. The molecular formula is C21H18F2N4O2. The summed E-state index contributed by atoms with van der Waals surface area (Å²) in [7, 11) is 0. The number of fused-ring (bicyclic) bond motifs is 1. The van der Waals surface area contributed by atoms with Crippen molar-refractivity contribution in [2.75, 3.05) is 0 Å². The van der Waals surface area contributed by atoms with Crippen LogP contribution in [0.4, 0.5) is 8.78 Å². The van der Waals surface area contributed by atoms with E-state index in [4.69, 9.17) is 0 Å². The van der Waals surface area contributed by atoms with Crippen LogP contribution < -0.4 is 0 Å². The van der Waals surface area contributed by atoms with E-state index in [1.807, 2.05) is 30.3 Å². The Labute approximate surface area is 165 Å². The summed E-state index contributed by atoms with van der Waals surface area (Å²) in [6, 6.07) is 12.3. The van der Waals surface area contributed by atoms with Crippen LogP contribution in [0.15, 0.2) is 55.0 Å². The molecule has 4 aromatic rings. The lowest BCUT2D eigenvalue weighted by atomic mass is 10.00. The lowest BCUT2D eigenvalue weighted by Gasteiger charge is -2.11. The maximum Gasteiger partial charge on any atom is 0.257 e. The van der Waals surface area contributed by atoms with Gasteiger partial charge in [-0.2, -0.15) is 5.10 Å². The van der Waals surface area contributed by atoms with Gasteiger partial charge in [-0.15, -0.1) is 0 Å². The molecule has 2 heterocycles. The van der Waals surface area contributed by atoms with E-state index < -0.39 is 19.1 Å². The number of hydrogen-bond donors (Lipinski definition) is 2. The number of phenols is 1. The SMILES string of the molecule is CC(O)c1cc2c(-c3cn(CC(F)F)nc3-c3ccccc3)ncnc2cc1O. The van der Waals surface area contributed by atoms with Gasteiger partial charge in [0, 0.05) is 34.3 Å². The quantitative estimate of drug-likeness (QED) is 0.529. The Bertz CT molecular complexity index is 1160. The van der Waals surface area contributed by atoms with Gasteiger partial charge in [0.1, 0.15) is 24.3 Å². The number of halogens is 2. The average Bonchev–Trinajstić information content (AvgIpc) is 3.10. The Balaban J connectivity index is 1.97. The molecule has 0 amide bonds. The maximum atomic E-state index is 13.0. The highest BCUT2D eigenvalue weighted by atomic mass is 19.3. The number of aromatic hydroxyl groups is 1. The van der Waals surface area contributed by atoms with Crippen LogP contribution in [0.25, 0.3) is 33.4 Å². The van der Waals surface area contributed by atoms with Crippen LogP contribution in [0.2, 0.25) is 0 Å². The third kappa shape index (κ3) is 3.66. The zero-order valence-electron chi connectivity index (χ0n) is 15.5. The van der Waals surface area contributed by atoms with Gasteiger partial charge in [0.05, 0.1) is 17.3 Å². The number of benzene rings is 2. The zero-order valence-corrected chi connectivity index (χ0v) is 15.5. The first-order valence-corrected chi connectivity index (χ1v) is 9.01. The fourth-order valence-corrected chi connectivity index (χ4v) is 3.30. The molecular weight excluding hydrogens is 378 g/mol. The van der Waals surface area contributed by atoms with Gasteiger partial charge < -0.3 is 10.2 Å². The predicted octanol–water partition coefficient (Wildman–Crippen LogP) is 4.18. The highest BCUT2D eigenvalue weighted by molar-refractivity contribution is 5.96. The van der Waals surface area contributed by atoms with Gasteiger partial charge in [0.2, 0.25) is 0 Å². The number of aliphatic hydroxyl groups excluding tert-OH is 1. The summed E-state index contributed by atoms with van der Waals surface area (Å²) in [5.41, 5.74) is 3.12. The molecule has 1 atom stereocenters. The van der Waals surface area contributed by atoms with Crippen LogP contribution >= 0.6 is 0 Å². The second-order valence-corrected chi connectivity index (χ2v) is 6.70. The molecule has 0 aliphatic carbocycles. The van der Waals surface area contributed by atoms with E-state index in [1.54, 1.807) is 13.0 Å². The van der Waals surface area contributed by atoms with Crippen LogP contribution in [0, 0.1) is 0 Å². The Morgan fingerprint density at radius 3 is 2.52 bits per heavy atom. The van der Waals surface area contributed by atoms with Gasteiger partial charge in [-0.05, 0) is 13.0 Å². The van der Waals surface area contributed by atoms with E-state index in [1.165, 1.54) is 23.3 Å². The summed E-state index contributed by atoms with van der Waals surface area (Å²) in [5, 5.41) is 25.1. The molecule has 6 nitrogen and oxygen atoms in total. The lowest BCUT2D eigenvalue weighted by Crippen LogP contribution is -2.06. The van der Waals surface area contributed by atoms with Crippen molar-refractivity contribution >= 4 is 10.9 Å². The highest BCUT2D eigenvalue weighted by Crippen LogP contribution is 2.36. The first-order valence-electron chi connectivity index (χ1n) is 9.01. The lowest BCUT2D eigenvalue weighted by molar-refractivity contribution is 0.122. The molecule has 8 heteroatoms. The van der Waals surface area contributed by atoms with Gasteiger partial charge in [-0.1, -0.05) is 30.3 Å². The molecule has 2 aromatic heterocycles. The molecule has 0 saturated heterocycles. The summed E-state index contributed by atoms with van der Waals surface area (Å²) in [5.74, 6) is -0.0752. The minimum absolute atomic E-state index is 0.0752. The molecule has 0 aliphatic heterocycles. The van der Waals surface area contributed by atoms with Crippen molar-refractivity contribution < 1.29 is 19.0 Å². The number of aliphatic hydroxyl groups is 1. The second-order valence-electron chi connectivity index (χ2n) is 6.70. The molecule has 1 unspecified atom stereocenters. The first-order chi connectivity index (χ1) is 13.9. The minimum atomic E-state index is -2.55. The van der Waals surface area contributed by atoms with Gasteiger partial charge in [-0.25, -0.2) is 18.7 Å². The number of aromatic nitrogens is 4. The van der Waals surface area contributed by atoms with Crippen molar-refractivity contribution in [2.45, 2.75) is 26.0 Å². The maximum absolute atomic E-state index is 13.0. The number of phenolic OH excluding ortho intramolecular Hbond substituents is 1. The molecule has 0 radical (unpaired) electrons. The Morgan fingerprint density at radius 1 is 1.07 bits per heavy atom. The van der Waals surface area contributed by atoms with Crippen molar-refractivity contribution in [2.24, 2.45) is 0 Å². The molecule has 29 heavy (non-hydrogen) atoms. The molecule has 2 aromatic carbocycles. The van der Waals surface area contributed by atoms with Crippen LogP contribution in [0.5, 0.6) is 5.75 Å². The topological polar surface area (TPSA) is 84.1 Å². The van der Waals surface area contributed by atoms with Gasteiger partial charge >= 0.3 is 0 Å². The second kappa shape index (κ2) is 7.56. The van der Waals surface area contributed by atoms with Crippen LogP contribution in [0.1, 0.15) is 18.6 Å². The third-order valence-electron chi connectivity index (χ3n) is 4.62. The van der Waals surface area contributed by atoms with Gasteiger partial charge in [-0.3, -0.25) is 4.68 Å². The largest absolute Gasteiger partial charge is 0.507 e. The fourth-order valence-electron chi connectivity index (χ4n) is 3.30. The van der Waals surface area contributed by atoms with Crippen molar-refractivity contribution in [1.82, 2.24) is 19.7 Å². The number of rotatable bonds is 5. The summed E-state index contributed by atoms with van der Waals surface area (Å²) in [4.78, 5) is 8.56. The Hall–Kier alpha value is -3.39. The van der Waals surface area contributed by atoms with Crippen molar-refractivity contribution in [3.8, 4) is 28.3 Å². The first kappa shape index (κ1) is 18.9. The summed E-state index contributed by atoms with van der Waals surface area (Å²) < 4.78 is 27.1. The van der Waals surface area contributed by atoms with E-state index in [9.17, 15) is 19.0 Å². The minimum Gasteiger partial charge on any atom is -0.507 e. The number of nitrogens with zero attached hydrogens (tertiary/aromatic N) is 4. The molecule has 2 N–H and O–H groups in total. The predicted molar refractivity (Wildman–Crippen MR) is 104 cm³/mol. The standard InChI is InChI=1S/C21H18F2N4O2/c1-12(28)14-7-15-17(8-18(14)29)24-11-25-21(15)16-9-27(10-19(22)23)26-20(16)13-5-3-2-4-6-13/h2-9,11-12,19,28-29H,10H2,1H3. The average molecular weight is 396 g/mol. The molecule has 0 fully saturated rings. The molecule has 4 rings (SSSR count). The van der Waals surface area contributed by atoms with Crippen molar-refractivity contribution in [1.29, 1.82) is 0 Å². The molecule has 0 aliphatic rings. The fraction of sp³-hybridized carbons (Fsp3) is 0.190. The normalized spacial score (nSPS) is 12.6. The molecule has 0 saturated carbocycles. The van der Waals surface area contributed by atoms with Gasteiger partial charge in [0.15, 0.2) is 0 Å². The van der Waals surface area contributed by atoms with Crippen LogP contribution in [-0.4, -0.2) is 36.4 Å². The molecule has 0 spiro atoms. The highest BCUT2D eigenvalue weighted by Gasteiger charge is 2.20. The summed E-state index contributed by atoms with van der Waals surface area (Å²) >= 11 is 0. The zero-order chi connectivity index (χ0) is 20.5. The summed E-state index contributed by atoms with van der Waals surface area (Å²) in [6.07, 6.45) is -0.571. The van der Waals surface area contributed by atoms with E-state index in [0.29, 0.717) is 33.4 Å². The smallest absolute Gasteiger partial charge is 0.257 e. The summed E-state index contributed by atoms with van der Waals surface area (Å²) in [6.45, 7) is 1.00. The van der Waals surface area contributed by atoms with Gasteiger partial charge in [0.25, 0.3) is 6.43 Å². The van der Waals surface area contributed by atoms with Crippen molar-refractivity contribution in [3.63, 3.8) is 0 Å². The monoisotopic (exact) mass is 396 g/mol.